The van der Waals surface area contributed by atoms with E-state index in [1.165, 1.54) is 23.3 Å². The predicted molar refractivity (Wildman–Crippen MR) is 88.8 cm³/mol. The van der Waals surface area contributed by atoms with Crippen LogP contribution < -0.4 is 15.4 Å². The SMILES string of the molecule is O=C(NCc1ccc2c(c1)CNC2)c1ccc(OCC(F)(F)C(F)F)nc1. The van der Waals surface area contributed by atoms with Crippen LogP contribution in [0.4, 0.5) is 17.6 Å². The molecule has 0 atom stereocenters. The number of benzene rings is 1. The standard InChI is InChI=1S/C18H17F4N3O2/c19-17(20)18(21,22)10-27-15-4-3-13(9-24-15)16(26)25-6-11-1-2-12-7-23-8-14(12)5-11/h1-5,9,17,23H,6-8,10H2,(H,25,26). The Balaban J connectivity index is 1.53. The van der Waals surface area contributed by atoms with Crippen molar-refractivity contribution in [3.05, 3.63) is 58.8 Å². The molecule has 144 valence electrons. The van der Waals surface area contributed by atoms with Crippen molar-refractivity contribution in [2.45, 2.75) is 32.0 Å². The quantitative estimate of drug-likeness (QED) is 0.722. The molecular formula is C18H17F4N3O2. The van der Waals surface area contributed by atoms with E-state index in [1.54, 1.807) is 0 Å². The minimum absolute atomic E-state index is 0.200. The highest BCUT2D eigenvalue weighted by Gasteiger charge is 2.41. The zero-order valence-corrected chi connectivity index (χ0v) is 14.1. The molecule has 0 aliphatic carbocycles. The average molecular weight is 383 g/mol. The first-order chi connectivity index (χ1) is 12.8. The largest absolute Gasteiger partial charge is 0.471 e. The molecule has 1 amide bonds. The van der Waals surface area contributed by atoms with E-state index >= 15 is 0 Å². The van der Waals surface area contributed by atoms with Gasteiger partial charge in [-0.1, -0.05) is 18.2 Å². The number of halogens is 4. The number of amides is 1. The lowest BCUT2D eigenvalue weighted by atomic mass is 10.1. The summed E-state index contributed by atoms with van der Waals surface area (Å²) in [5, 5.41) is 5.98. The predicted octanol–water partition coefficient (Wildman–Crippen LogP) is 2.89. The number of rotatable bonds is 7. The third kappa shape index (κ3) is 4.73. The van der Waals surface area contributed by atoms with E-state index in [0.29, 0.717) is 6.54 Å². The second-order valence-electron chi connectivity index (χ2n) is 6.12. The second kappa shape index (κ2) is 7.91. The molecule has 1 aliphatic rings. The Labute approximate surface area is 152 Å². The van der Waals surface area contributed by atoms with Crippen molar-refractivity contribution >= 4 is 5.91 Å². The van der Waals surface area contributed by atoms with Crippen molar-refractivity contribution in [1.82, 2.24) is 15.6 Å². The molecule has 0 bridgehead atoms. The van der Waals surface area contributed by atoms with Gasteiger partial charge in [0.15, 0.2) is 6.61 Å². The van der Waals surface area contributed by atoms with E-state index in [-0.39, 0.29) is 11.4 Å². The highest BCUT2D eigenvalue weighted by molar-refractivity contribution is 5.93. The van der Waals surface area contributed by atoms with Gasteiger partial charge in [0.2, 0.25) is 5.88 Å². The average Bonchev–Trinajstić information content (AvgIpc) is 3.12. The maximum absolute atomic E-state index is 12.8. The zero-order chi connectivity index (χ0) is 19.4. The number of alkyl halides is 4. The Morgan fingerprint density at radius 2 is 2.00 bits per heavy atom. The van der Waals surface area contributed by atoms with E-state index < -0.39 is 24.9 Å². The molecule has 1 aromatic carbocycles. The van der Waals surface area contributed by atoms with Gasteiger partial charge in [0.05, 0.1) is 5.56 Å². The minimum atomic E-state index is -4.26. The summed E-state index contributed by atoms with van der Waals surface area (Å²) >= 11 is 0. The van der Waals surface area contributed by atoms with Crippen LogP contribution in [0.25, 0.3) is 0 Å². The van der Waals surface area contributed by atoms with Crippen LogP contribution in [-0.4, -0.2) is 29.8 Å². The number of fused-ring (bicyclic) bond motifs is 1. The molecule has 0 spiro atoms. The Hall–Kier alpha value is -2.68. The van der Waals surface area contributed by atoms with Crippen LogP contribution >= 0.6 is 0 Å². The van der Waals surface area contributed by atoms with Gasteiger partial charge in [-0.05, 0) is 22.8 Å². The summed E-state index contributed by atoms with van der Waals surface area (Å²) in [4.78, 5) is 15.8. The first-order valence-electron chi connectivity index (χ1n) is 8.19. The second-order valence-corrected chi connectivity index (χ2v) is 6.12. The molecule has 0 unspecified atom stereocenters. The van der Waals surface area contributed by atoms with Crippen molar-refractivity contribution < 1.29 is 27.1 Å². The maximum atomic E-state index is 12.8. The number of hydrogen-bond acceptors (Lipinski definition) is 4. The van der Waals surface area contributed by atoms with Gasteiger partial charge < -0.3 is 15.4 Å². The number of aromatic nitrogens is 1. The summed E-state index contributed by atoms with van der Waals surface area (Å²) in [5.74, 6) is -4.92. The fourth-order valence-electron chi connectivity index (χ4n) is 2.58. The van der Waals surface area contributed by atoms with Gasteiger partial charge in [-0.3, -0.25) is 4.79 Å². The number of carbonyl (C=O) groups excluding carboxylic acids is 1. The number of pyridine rings is 1. The molecule has 0 radical (unpaired) electrons. The molecule has 1 aromatic heterocycles. The molecule has 0 fully saturated rings. The van der Waals surface area contributed by atoms with Crippen LogP contribution in [-0.2, 0) is 19.6 Å². The maximum Gasteiger partial charge on any atom is 0.340 e. The van der Waals surface area contributed by atoms with Crippen LogP contribution in [0.5, 0.6) is 5.88 Å². The third-order valence-corrected chi connectivity index (χ3v) is 4.08. The summed E-state index contributed by atoms with van der Waals surface area (Å²) in [7, 11) is 0. The smallest absolute Gasteiger partial charge is 0.340 e. The summed E-state index contributed by atoms with van der Waals surface area (Å²) < 4.78 is 54.3. The zero-order valence-electron chi connectivity index (χ0n) is 14.1. The van der Waals surface area contributed by atoms with Gasteiger partial charge in [-0.15, -0.1) is 0 Å². The monoisotopic (exact) mass is 383 g/mol. The number of hydrogen-bond donors (Lipinski definition) is 2. The number of nitrogens with zero attached hydrogens (tertiary/aromatic N) is 1. The van der Waals surface area contributed by atoms with Gasteiger partial charge in [-0.2, -0.15) is 8.78 Å². The molecule has 27 heavy (non-hydrogen) atoms. The lowest BCUT2D eigenvalue weighted by molar-refractivity contribution is -0.148. The van der Waals surface area contributed by atoms with Gasteiger partial charge in [0.1, 0.15) is 0 Å². The topological polar surface area (TPSA) is 63.2 Å². The van der Waals surface area contributed by atoms with Crippen molar-refractivity contribution in [3.8, 4) is 5.88 Å². The highest BCUT2D eigenvalue weighted by Crippen LogP contribution is 2.23. The summed E-state index contributed by atoms with van der Waals surface area (Å²) in [6.07, 6.45) is -2.69. The third-order valence-electron chi connectivity index (χ3n) is 4.08. The summed E-state index contributed by atoms with van der Waals surface area (Å²) in [6, 6.07) is 8.47. The van der Waals surface area contributed by atoms with E-state index in [4.69, 9.17) is 0 Å². The van der Waals surface area contributed by atoms with Crippen molar-refractivity contribution in [3.63, 3.8) is 0 Å². The van der Waals surface area contributed by atoms with Crippen LogP contribution in [0.3, 0.4) is 0 Å². The molecular weight excluding hydrogens is 366 g/mol. The summed E-state index contributed by atoms with van der Waals surface area (Å²) in [6.45, 7) is 0.472. The first kappa shape index (κ1) is 19.1. The van der Waals surface area contributed by atoms with E-state index in [2.05, 4.69) is 20.4 Å². The van der Waals surface area contributed by atoms with Gasteiger partial charge in [0, 0.05) is 31.9 Å². The van der Waals surface area contributed by atoms with E-state index in [1.807, 2.05) is 18.2 Å². The Morgan fingerprint density at radius 3 is 2.70 bits per heavy atom. The molecule has 2 aromatic rings. The normalized spacial score (nSPS) is 13.5. The fraction of sp³-hybridized carbons (Fsp3) is 0.333. The van der Waals surface area contributed by atoms with E-state index in [9.17, 15) is 22.4 Å². The lowest BCUT2D eigenvalue weighted by Crippen LogP contribution is -2.33. The minimum Gasteiger partial charge on any atom is -0.471 e. The lowest BCUT2D eigenvalue weighted by Gasteiger charge is -2.15. The molecule has 1 aliphatic heterocycles. The Bertz CT molecular complexity index is 813. The molecule has 2 N–H and O–H groups in total. The Morgan fingerprint density at radius 1 is 1.22 bits per heavy atom. The molecule has 9 heteroatoms. The number of ether oxygens (including phenoxy) is 1. The first-order valence-corrected chi connectivity index (χ1v) is 8.19. The molecule has 3 rings (SSSR count). The molecule has 5 nitrogen and oxygen atoms in total. The van der Waals surface area contributed by atoms with Crippen molar-refractivity contribution in [2.24, 2.45) is 0 Å². The number of nitrogens with one attached hydrogen (secondary N) is 2. The van der Waals surface area contributed by atoms with Crippen molar-refractivity contribution in [1.29, 1.82) is 0 Å². The van der Waals surface area contributed by atoms with Crippen molar-refractivity contribution in [2.75, 3.05) is 6.61 Å². The Kier molecular flexibility index (Phi) is 5.59. The highest BCUT2D eigenvalue weighted by atomic mass is 19.3. The van der Waals surface area contributed by atoms with Crippen LogP contribution in [0.15, 0.2) is 36.5 Å². The van der Waals surface area contributed by atoms with Crippen LogP contribution in [0.2, 0.25) is 0 Å². The van der Waals surface area contributed by atoms with Gasteiger partial charge in [-0.25, -0.2) is 13.8 Å². The number of carbonyl (C=O) groups is 1. The van der Waals surface area contributed by atoms with Gasteiger partial charge >= 0.3 is 12.3 Å². The fourth-order valence-corrected chi connectivity index (χ4v) is 2.58. The molecule has 0 saturated heterocycles. The molecule has 2 heterocycles. The summed E-state index contributed by atoms with van der Waals surface area (Å²) in [5.41, 5.74) is 3.59. The van der Waals surface area contributed by atoms with E-state index in [0.717, 1.165) is 24.8 Å². The van der Waals surface area contributed by atoms with Crippen LogP contribution in [0.1, 0.15) is 27.0 Å². The van der Waals surface area contributed by atoms with Gasteiger partial charge in [0.25, 0.3) is 5.91 Å². The van der Waals surface area contributed by atoms with Crippen LogP contribution in [0, 0.1) is 0 Å². The molecule has 0 saturated carbocycles.